The maximum Gasteiger partial charge on any atom is 0.249 e. The molecule has 1 aliphatic heterocycles. The van der Waals surface area contributed by atoms with Gasteiger partial charge >= 0.3 is 0 Å². The van der Waals surface area contributed by atoms with Crippen molar-refractivity contribution in [2.45, 2.75) is 13.0 Å². The molecule has 0 fully saturated rings. The number of rotatable bonds is 2. The highest BCUT2D eigenvalue weighted by molar-refractivity contribution is 6.03. The van der Waals surface area contributed by atoms with E-state index < -0.39 is 0 Å². The smallest absolute Gasteiger partial charge is 0.249 e. The first-order valence-electron chi connectivity index (χ1n) is 4.88. The number of methoxy groups -OCH3 is 1. The fourth-order valence-electron chi connectivity index (χ4n) is 1.70. The Morgan fingerprint density at radius 3 is 3.00 bits per heavy atom. The minimum absolute atomic E-state index is 0.0429. The van der Waals surface area contributed by atoms with Crippen molar-refractivity contribution in [3.05, 3.63) is 23.8 Å². The van der Waals surface area contributed by atoms with Crippen LogP contribution in [0.3, 0.4) is 0 Å². The van der Waals surface area contributed by atoms with E-state index >= 15 is 0 Å². The molecule has 0 aromatic heterocycles. The molecule has 0 bridgehead atoms. The Balaban J connectivity index is 2.30. The van der Waals surface area contributed by atoms with Crippen LogP contribution in [0, 0.1) is 6.92 Å². The quantitative estimate of drug-likeness (QED) is 0.768. The summed E-state index contributed by atoms with van der Waals surface area (Å²) in [5.41, 5.74) is 2.88. The molecule has 1 aliphatic rings. The van der Waals surface area contributed by atoms with Gasteiger partial charge in [-0.15, -0.1) is 0 Å². The van der Waals surface area contributed by atoms with Gasteiger partial charge in [0, 0.05) is 7.11 Å². The van der Waals surface area contributed by atoms with E-state index in [2.05, 4.69) is 10.6 Å². The van der Waals surface area contributed by atoms with Gasteiger partial charge in [-0.05, 0) is 18.6 Å². The number of para-hydroxylation sites is 1. The second-order valence-corrected chi connectivity index (χ2v) is 3.64. The number of aryl methyl sites for hydroxylation is 1. The average molecular weight is 206 g/mol. The maximum atomic E-state index is 11.6. The number of anilines is 2. The SMILES string of the molecule is COCC1Nc2cccc(C)c2NC1=O. The van der Waals surface area contributed by atoms with Crippen molar-refractivity contribution in [3.63, 3.8) is 0 Å². The van der Waals surface area contributed by atoms with Crippen LogP contribution in [-0.2, 0) is 9.53 Å². The van der Waals surface area contributed by atoms with Crippen molar-refractivity contribution >= 4 is 17.3 Å². The molecule has 0 saturated carbocycles. The van der Waals surface area contributed by atoms with Crippen LogP contribution in [0.25, 0.3) is 0 Å². The van der Waals surface area contributed by atoms with Crippen molar-refractivity contribution in [2.75, 3.05) is 24.4 Å². The Hall–Kier alpha value is -1.55. The number of hydrogen-bond donors (Lipinski definition) is 2. The molecule has 80 valence electrons. The molecule has 1 amide bonds. The van der Waals surface area contributed by atoms with Crippen molar-refractivity contribution in [1.29, 1.82) is 0 Å². The van der Waals surface area contributed by atoms with E-state index in [1.54, 1.807) is 7.11 Å². The summed E-state index contributed by atoms with van der Waals surface area (Å²) in [4.78, 5) is 11.6. The van der Waals surface area contributed by atoms with Gasteiger partial charge in [0.2, 0.25) is 5.91 Å². The van der Waals surface area contributed by atoms with Crippen molar-refractivity contribution < 1.29 is 9.53 Å². The second kappa shape index (κ2) is 3.90. The Labute approximate surface area is 88.6 Å². The maximum absolute atomic E-state index is 11.6. The molecule has 1 heterocycles. The summed E-state index contributed by atoms with van der Waals surface area (Å²) in [5.74, 6) is -0.0429. The molecule has 1 aromatic rings. The standard InChI is InChI=1S/C11H14N2O2/c1-7-4-3-5-8-10(7)13-11(14)9(12-8)6-15-2/h3-5,9,12H,6H2,1-2H3,(H,13,14). The lowest BCUT2D eigenvalue weighted by Crippen LogP contribution is -2.42. The number of fused-ring (bicyclic) bond motifs is 1. The largest absolute Gasteiger partial charge is 0.382 e. The summed E-state index contributed by atoms with van der Waals surface area (Å²) >= 11 is 0. The molecular weight excluding hydrogens is 192 g/mol. The van der Waals surface area contributed by atoms with E-state index in [4.69, 9.17) is 4.74 Å². The van der Waals surface area contributed by atoms with E-state index in [-0.39, 0.29) is 11.9 Å². The van der Waals surface area contributed by atoms with Crippen LogP contribution in [0.2, 0.25) is 0 Å². The van der Waals surface area contributed by atoms with E-state index in [0.717, 1.165) is 16.9 Å². The highest BCUT2D eigenvalue weighted by Gasteiger charge is 2.25. The Morgan fingerprint density at radius 1 is 1.47 bits per heavy atom. The van der Waals surface area contributed by atoms with Gasteiger partial charge in [0.25, 0.3) is 0 Å². The van der Waals surface area contributed by atoms with Crippen LogP contribution in [0.15, 0.2) is 18.2 Å². The number of amides is 1. The molecular formula is C11H14N2O2. The van der Waals surface area contributed by atoms with Crippen LogP contribution in [-0.4, -0.2) is 25.7 Å². The minimum atomic E-state index is -0.302. The summed E-state index contributed by atoms with van der Waals surface area (Å²) in [7, 11) is 1.58. The van der Waals surface area contributed by atoms with Crippen molar-refractivity contribution in [2.24, 2.45) is 0 Å². The van der Waals surface area contributed by atoms with Gasteiger partial charge < -0.3 is 15.4 Å². The van der Waals surface area contributed by atoms with Gasteiger partial charge in [-0.1, -0.05) is 12.1 Å². The fraction of sp³-hybridized carbons (Fsp3) is 0.364. The molecule has 1 unspecified atom stereocenters. The Kier molecular flexibility index (Phi) is 2.60. The third kappa shape index (κ3) is 1.80. The number of carbonyl (C=O) groups is 1. The zero-order chi connectivity index (χ0) is 10.8. The highest BCUT2D eigenvalue weighted by atomic mass is 16.5. The summed E-state index contributed by atoms with van der Waals surface area (Å²) in [5, 5.41) is 6.03. The summed E-state index contributed by atoms with van der Waals surface area (Å²) in [6, 6.07) is 5.58. The van der Waals surface area contributed by atoms with Crippen molar-refractivity contribution in [3.8, 4) is 0 Å². The molecule has 1 aromatic carbocycles. The minimum Gasteiger partial charge on any atom is -0.382 e. The summed E-state index contributed by atoms with van der Waals surface area (Å²) in [6.45, 7) is 2.34. The van der Waals surface area contributed by atoms with Gasteiger partial charge in [-0.25, -0.2) is 0 Å². The van der Waals surface area contributed by atoms with Crippen LogP contribution >= 0.6 is 0 Å². The molecule has 0 aliphatic carbocycles. The molecule has 4 nitrogen and oxygen atoms in total. The fourth-order valence-corrected chi connectivity index (χ4v) is 1.70. The lowest BCUT2D eigenvalue weighted by molar-refractivity contribution is -0.118. The van der Waals surface area contributed by atoms with E-state index in [1.165, 1.54) is 0 Å². The van der Waals surface area contributed by atoms with E-state index in [9.17, 15) is 4.79 Å². The molecule has 4 heteroatoms. The van der Waals surface area contributed by atoms with Gasteiger partial charge in [0.05, 0.1) is 18.0 Å². The van der Waals surface area contributed by atoms with Gasteiger partial charge in [-0.3, -0.25) is 4.79 Å². The molecule has 15 heavy (non-hydrogen) atoms. The third-order valence-electron chi connectivity index (χ3n) is 2.50. The third-order valence-corrected chi connectivity index (χ3v) is 2.50. The molecule has 2 rings (SSSR count). The zero-order valence-corrected chi connectivity index (χ0v) is 8.83. The zero-order valence-electron chi connectivity index (χ0n) is 8.83. The normalized spacial score (nSPS) is 19.1. The number of hydrogen-bond acceptors (Lipinski definition) is 3. The number of nitrogens with one attached hydrogen (secondary N) is 2. The highest BCUT2D eigenvalue weighted by Crippen LogP contribution is 2.29. The average Bonchev–Trinajstić information content (AvgIpc) is 2.21. The van der Waals surface area contributed by atoms with Crippen LogP contribution in [0.5, 0.6) is 0 Å². The van der Waals surface area contributed by atoms with Gasteiger partial charge in [0.15, 0.2) is 0 Å². The lowest BCUT2D eigenvalue weighted by atomic mass is 10.1. The second-order valence-electron chi connectivity index (χ2n) is 3.64. The Morgan fingerprint density at radius 2 is 2.27 bits per heavy atom. The number of benzene rings is 1. The van der Waals surface area contributed by atoms with Gasteiger partial charge in [-0.2, -0.15) is 0 Å². The first kappa shape index (κ1) is 9.98. The van der Waals surface area contributed by atoms with Crippen LogP contribution in [0.4, 0.5) is 11.4 Å². The first-order valence-corrected chi connectivity index (χ1v) is 4.88. The summed E-state index contributed by atoms with van der Waals surface area (Å²) in [6.07, 6.45) is 0. The molecule has 0 radical (unpaired) electrons. The molecule has 2 N–H and O–H groups in total. The molecule has 0 saturated heterocycles. The predicted octanol–water partition coefficient (Wildman–Crippen LogP) is 1.37. The van der Waals surface area contributed by atoms with E-state index in [0.29, 0.717) is 6.61 Å². The topological polar surface area (TPSA) is 50.4 Å². The predicted molar refractivity (Wildman–Crippen MR) is 59.1 cm³/mol. The number of carbonyl (C=O) groups excluding carboxylic acids is 1. The van der Waals surface area contributed by atoms with Crippen LogP contribution in [0.1, 0.15) is 5.56 Å². The van der Waals surface area contributed by atoms with Crippen LogP contribution < -0.4 is 10.6 Å². The van der Waals surface area contributed by atoms with E-state index in [1.807, 2.05) is 25.1 Å². The summed E-state index contributed by atoms with van der Waals surface area (Å²) < 4.78 is 4.97. The van der Waals surface area contributed by atoms with Crippen molar-refractivity contribution in [1.82, 2.24) is 0 Å². The molecule has 1 atom stereocenters. The Bertz CT molecular complexity index is 390. The first-order chi connectivity index (χ1) is 7.22. The molecule has 0 spiro atoms. The van der Waals surface area contributed by atoms with Gasteiger partial charge in [0.1, 0.15) is 6.04 Å². The number of ether oxygens (including phenoxy) is 1. The lowest BCUT2D eigenvalue weighted by Gasteiger charge is -2.27. The monoisotopic (exact) mass is 206 g/mol.